The Balaban J connectivity index is 1.28. The highest BCUT2D eigenvalue weighted by molar-refractivity contribution is 8.14. The van der Waals surface area contributed by atoms with Crippen molar-refractivity contribution in [2.45, 2.75) is 77.9 Å². The first-order valence-electron chi connectivity index (χ1n) is 21.0. The average Bonchev–Trinajstić information content (AvgIpc) is 3.81. The molecule has 350 valence electrons. The van der Waals surface area contributed by atoms with Gasteiger partial charge in [-0.2, -0.15) is 0 Å². The van der Waals surface area contributed by atoms with Crippen molar-refractivity contribution in [1.82, 2.24) is 9.97 Å². The van der Waals surface area contributed by atoms with Gasteiger partial charge in [-0.15, -0.1) is 11.3 Å². The predicted octanol–water partition coefficient (Wildman–Crippen LogP) is 9.43. The van der Waals surface area contributed by atoms with Gasteiger partial charge in [-0.3, -0.25) is 23.2 Å². The highest BCUT2D eigenvalue weighted by atomic mass is 32.2. The number of carbonyl (C=O) groups is 2. The Morgan fingerprint density at radius 3 is 1.80 bits per heavy atom. The van der Waals surface area contributed by atoms with Gasteiger partial charge in [0.15, 0.2) is 10.2 Å². The lowest BCUT2D eigenvalue weighted by Crippen LogP contribution is -2.43. The van der Waals surface area contributed by atoms with E-state index in [1.54, 1.807) is 55.8 Å². The van der Waals surface area contributed by atoms with E-state index in [1.807, 2.05) is 84.2 Å². The molecule has 1 fully saturated rings. The zero-order valence-corrected chi connectivity index (χ0v) is 41.4. The minimum atomic E-state index is -4.34. The summed E-state index contributed by atoms with van der Waals surface area (Å²) in [7, 11) is -1.09. The Kier molecular flexibility index (Phi) is 16.3. The van der Waals surface area contributed by atoms with Crippen molar-refractivity contribution in [2.75, 3.05) is 50.9 Å². The molecular weight excluding hydrogens is 910 g/mol. The average molecular weight is 968 g/mol. The predicted molar refractivity (Wildman–Crippen MR) is 257 cm³/mol. The minimum absolute atomic E-state index is 0.0649. The van der Waals surface area contributed by atoms with Crippen molar-refractivity contribution in [3.63, 3.8) is 0 Å². The molecule has 1 aliphatic rings. The Bertz CT molecular complexity index is 2350. The van der Waals surface area contributed by atoms with Crippen molar-refractivity contribution in [2.24, 2.45) is 10.8 Å². The van der Waals surface area contributed by atoms with Gasteiger partial charge in [0.1, 0.15) is 53.1 Å². The number of phosphoric ester groups is 1. The molecule has 3 aromatic carbocycles. The number of aliphatic hydroxyl groups excluding tert-OH is 1. The summed E-state index contributed by atoms with van der Waals surface area (Å²) in [6.45, 7) is 11.5. The molecule has 0 unspecified atom stereocenters. The maximum absolute atomic E-state index is 14.0. The van der Waals surface area contributed by atoms with Crippen molar-refractivity contribution in [3.8, 4) is 11.5 Å². The summed E-state index contributed by atoms with van der Waals surface area (Å²) in [6, 6.07) is 25.6. The maximum Gasteiger partial charge on any atom is 0.474 e. The van der Waals surface area contributed by atoms with Crippen LogP contribution >= 0.6 is 42.7 Å². The van der Waals surface area contributed by atoms with E-state index < -0.39 is 54.7 Å². The Hall–Kier alpha value is -3.87. The first-order valence-corrected chi connectivity index (χ1v) is 25.3. The van der Waals surface area contributed by atoms with Crippen LogP contribution in [0, 0.1) is 10.8 Å². The standard InChI is InChI=1S/C47H58N3O11PS3/c1-44(2,3)42(52)63-25-23-58-62(55,59-24-26-64-43(53)45(4,5)6)60-27-36-39(51)46(7,54)40(61-36)38-37-35(28-65-38)41(49-29-48-37)50-47(30-13-11-10-12-14-30,31-15-19-33(56-8)20-16-31)32-17-21-34(57-9)22-18-32/h10-22,28-29,36,39-40,51,54H,23-27H2,1-9H3,(H,48,49,50)/t36-,39-,40+,46-/m1/s1. The second kappa shape index (κ2) is 21.0. The summed E-state index contributed by atoms with van der Waals surface area (Å²) < 4.78 is 48.6. The fourth-order valence-electron chi connectivity index (χ4n) is 7.08. The number of fused-ring (bicyclic) bond motifs is 1. The number of carbonyl (C=O) groups excluding carboxylic acids is 2. The summed E-state index contributed by atoms with van der Waals surface area (Å²) in [5.74, 6) is 2.24. The third kappa shape index (κ3) is 11.6. The first kappa shape index (κ1) is 50.5. The van der Waals surface area contributed by atoms with Crippen LogP contribution in [0.15, 0.2) is 90.6 Å². The quantitative estimate of drug-likeness (QED) is 0.0403. The molecule has 1 saturated heterocycles. The molecule has 65 heavy (non-hydrogen) atoms. The molecule has 6 rings (SSSR count). The number of thiophene rings is 1. The van der Waals surface area contributed by atoms with Crippen molar-refractivity contribution in [1.29, 1.82) is 0 Å². The van der Waals surface area contributed by atoms with E-state index >= 15 is 0 Å². The van der Waals surface area contributed by atoms with Crippen LogP contribution in [0.1, 0.15) is 76.1 Å². The molecule has 0 amide bonds. The largest absolute Gasteiger partial charge is 0.497 e. The molecule has 4 atom stereocenters. The van der Waals surface area contributed by atoms with E-state index in [0.717, 1.165) is 40.2 Å². The molecular formula is C47H58N3O11PS3. The smallest absolute Gasteiger partial charge is 0.474 e. The van der Waals surface area contributed by atoms with Crippen LogP contribution in [0.25, 0.3) is 10.9 Å². The molecule has 0 bridgehead atoms. The lowest BCUT2D eigenvalue weighted by Gasteiger charge is -2.37. The topological polar surface area (TPSA) is 185 Å². The molecule has 18 heteroatoms. The molecule has 0 radical (unpaired) electrons. The molecule has 0 saturated carbocycles. The number of aromatic nitrogens is 2. The lowest BCUT2D eigenvalue weighted by molar-refractivity contribution is -0.118. The van der Waals surface area contributed by atoms with Crippen LogP contribution in [0.4, 0.5) is 5.82 Å². The summed E-state index contributed by atoms with van der Waals surface area (Å²) >= 11 is 3.36. The number of nitrogens with zero attached hydrogens (tertiary/aromatic N) is 2. The second-order valence-electron chi connectivity index (χ2n) is 17.7. The van der Waals surface area contributed by atoms with Crippen LogP contribution in [-0.4, -0.2) is 93.8 Å². The molecule has 0 aliphatic carbocycles. The number of nitrogens with one attached hydrogen (secondary N) is 1. The van der Waals surface area contributed by atoms with E-state index in [2.05, 4.69) is 10.3 Å². The number of benzene rings is 3. The van der Waals surface area contributed by atoms with Crippen LogP contribution in [-0.2, 0) is 38.0 Å². The van der Waals surface area contributed by atoms with Crippen molar-refractivity contribution in [3.05, 3.63) is 112 Å². The van der Waals surface area contributed by atoms with Gasteiger partial charge in [-0.25, -0.2) is 14.5 Å². The molecule has 2 aromatic heterocycles. The third-order valence-electron chi connectivity index (χ3n) is 10.8. The highest BCUT2D eigenvalue weighted by Crippen LogP contribution is 2.52. The van der Waals surface area contributed by atoms with Crippen LogP contribution in [0.2, 0.25) is 0 Å². The lowest BCUT2D eigenvalue weighted by atomic mass is 9.77. The fraction of sp³-hybridized carbons (Fsp3) is 0.447. The van der Waals surface area contributed by atoms with Gasteiger partial charge in [-0.05, 0) is 47.9 Å². The second-order valence-corrected chi connectivity index (χ2v) is 22.4. The highest BCUT2D eigenvalue weighted by Gasteiger charge is 2.54. The van der Waals surface area contributed by atoms with Gasteiger partial charge < -0.3 is 29.7 Å². The number of rotatable bonds is 19. The summed E-state index contributed by atoms with van der Waals surface area (Å²) in [4.78, 5) is 35.0. The molecule has 5 aromatic rings. The molecule has 14 nitrogen and oxygen atoms in total. The molecule has 0 spiro atoms. The number of hydrogen-bond donors (Lipinski definition) is 3. The molecule has 3 heterocycles. The third-order valence-corrected chi connectivity index (χ3v) is 15.7. The number of thioether (sulfide) groups is 2. The van der Waals surface area contributed by atoms with Gasteiger partial charge in [0.25, 0.3) is 0 Å². The SMILES string of the molecule is COc1ccc(C(Nc2ncnc3c([C@@H]4O[C@H](COP(=O)(OCCSC(=O)C(C)(C)C)OCCSC(=O)C(C)(C)C)[C@@H](O)[C@@]4(C)O)scc23)(c2ccccc2)c2ccc(OC)cc2)cc1. The number of aliphatic hydroxyl groups is 2. The van der Waals surface area contributed by atoms with Gasteiger partial charge in [0.2, 0.25) is 0 Å². The van der Waals surface area contributed by atoms with Crippen molar-refractivity contribution >= 4 is 69.6 Å². The van der Waals surface area contributed by atoms with Crippen LogP contribution in [0.3, 0.4) is 0 Å². The zero-order valence-electron chi connectivity index (χ0n) is 38.1. The molecule has 3 N–H and O–H groups in total. The van der Waals surface area contributed by atoms with Crippen molar-refractivity contribution < 1.29 is 52.1 Å². The number of anilines is 1. The number of ether oxygens (including phenoxy) is 3. The van der Waals surface area contributed by atoms with Crippen LogP contribution in [0.5, 0.6) is 11.5 Å². The molecule has 1 aliphatic heterocycles. The van der Waals surface area contributed by atoms with Gasteiger partial charge in [0.05, 0.1) is 49.8 Å². The zero-order chi connectivity index (χ0) is 47.2. The van der Waals surface area contributed by atoms with E-state index in [0.29, 0.717) is 33.1 Å². The van der Waals surface area contributed by atoms with E-state index in [9.17, 15) is 24.4 Å². The normalized spacial score (nSPS) is 19.3. The van der Waals surface area contributed by atoms with E-state index in [-0.39, 0.29) is 35.0 Å². The van der Waals surface area contributed by atoms with Gasteiger partial charge in [-0.1, -0.05) is 120 Å². The van der Waals surface area contributed by atoms with E-state index in [1.165, 1.54) is 24.6 Å². The summed E-state index contributed by atoms with van der Waals surface area (Å²) in [5, 5.41) is 29.7. The Labute approximate surface area is 393 Å². The number of methoxy groups -OCH3 is 2. The van der Waals surface area contributed by atoms with Gasteiger partial charge >= 0.3 is 7.82 Å². The van der Waals surface area contributed by atoms with E-state index in [4.69, 9.17) is 32.8 Å². The Morgan fingerprint density at radius 2 is 1.31 bits per heavy atom. The number of phosphoric acid groups is 1. The van der Waals surface area contributed by atoms with Crippen LogP contribution < -0.4 is 14.8 Å². The minimum Gasteiger partial charge on any atom is -0.497 e. The fourth-order valence-corrected chi connectivity index (χ4v) is 11.2. The monoisotopic (exact) mass is 967 g/mol. The maximum atomic E-state index is 14.0. The summed E-state index contributed by atoms with van der Waals surface area (Å²) in [5.41, 5.74) is -0.832. The Morgan fingerprint density at radius 1 is 0.800 bits per heavy atom. The number of hydrogen-bond acceptors (Lipinski definition) is 17. The summed E-state index contributed by atoms with van der Waals surface area (Å²) in [6.07, 6.45) is -2.35. The first-order chi connectivity index (χ1) is 30.7. The van der Waals surface area contributed by atoms with Gasteiger partial charge in [0, 0.05) is 27.7 Å².